The molecule has 0 saturated carbocycles. The van der Waals surface area contributed by atoms with E-state index >= 15 is 0 Å². The van der Waals surface area contributed by atoms with Crippen LogP contribution in [0.3, 0.4) is 0 Å². The summed E-state index contributed by atoms with van der Waals surface area (Å²) < 4.78 is 2.03. The van der Waals surface area contributed by atoms with E-state index in [1.54, 1.807) is 0 Å². The van der Waals surface area contributed by atoms with Gasteiger partial charge in [-0.2, -0.15) is 0 Å². The molecule has 1 fully saturated rings. The largest absolute Gasteiger partial charge is 0.353 e. The molecule has 0 spiro atoms. The Morgan fingerprint density at radius 3 is 3.00 bits per heavy atom. The minimum absolute atomic E-state index is 0.0382. The molecular weight excluding hydrogens is 226 g/mol. The standard InChI is InChI=1S/C14H23N3O/c1-14(2)7-5-8-15-12(14)13(18)16-10-11-6-4-9-17(11)3/h4,6,9,12,15H,5,7-8,10H2,1-3H3,(H,16,18). The topological polar surface area (TPSA) is 46.1 Å². The van der Waals surface area contributed by atoms with E-state index in [1.165, 1.54) is 0 Å². The van der Waals surface area contributed by atoms with Gasteiger partial charge in [0.05, 0.1) is 12.6 Å². The maximum absolute atomic E-state index is 12.2. The van der Waals surface area contributed by atoms with Crippen molar-refractivity contribution in [3.63, 3.8) is 0 Å². The van der Waals surface area contributed by atoms with Gasteiger partial charge in [-0.25, -0.2) is 0 Å². The predicted octanol–water partition coefficient (Wildman–Crippen LogP) is 1.42. The first-order chi connectivity index (χ1) is 8.50. The molecule has 18 heavy (non-hydrogen) atoms. The molecule has 1 aromatic rings. The molecule has 1 saturated heterocycles. The van der Waals surface area contributed by atoms with E-state index in [2.05, 4.69) is 24.5 Å². The summed E-state index contributed by atoms with van der Waals surface area (Å²) in [6, 6.07) is 3.94. The molecule has 0 aromatic carbocycles. The number of hydrogen-bond donors (Lipinski definition) is 2. The van der Waals surface area contributed by atoms with Gasteiger partial charge in [0.1, 0.15) is 0 Å². The number of amides is 1. The zero-order valence-corrected chi connectivity index (χ0v) is 11.5. The van der Waals surface area contributed by atoms with E-state index < -0.39 is 0 Å². The first-order valence-electron chi connectivity index (χ1n) is 6.62. The summed E-state index contributed by atoms with van der Waals surface area (Å²) in [6.45, 7) is 5.85. The number of aromatic nitrogens is 1. The number of hydrogen-bond acceptors (Lipinski definition) is 2. The molecule has 1 aliphatic rings. The third kappa shape index (κ3) is 2.75. The fourth-order valence-electron chi connectivity index (χ4n) is 2.62. The van der Waals surface area contributed by atoms with Gasteiger partial charge in [0.2, 0.25) is 5.91 Å². The number of piperidine rings is 1. The summed E-state index contributed by atoms with van der Waals surface area (Å²) in [6.07, 6.45) is 4.24. The fourth-order valence-corrected chi connectivity index (χ4v) is 2.62. The SMILES string of the molecule is Cn1cccc1CNC(=O)C1NCCCC1(C)C. The summed E-state index contributed by atoms with van der Waals surface area (Å²) in [5.41, 5.74) is 1.16. The Morgan fingerprint density at radius 1 is 1.61 bits per heavy atom. The van der Waals surface area contributed by atoms with Gasteiger partial charge in [-0.05, 0) is 36.9 Å². The van der Waals surface area contributed by atoms with Crippen LogP contribution in [0.4, 0.5) is 0 Å². The lowest BCUT2D eigenvalue weighted by Crippen LogP contribution is -2.55. The molecule has 0 bridgehead atoms. The Hall–Kier alpha value is -1.29. The molecule has 1 unspecified atom stereocenters. The minimum atomic E-state index is -0.0773. The Bertz CT molecular complexity index is 422. The van der Waals surface area contributed by atoms with Crippen LogP contribution >= 0.6 is 0 Å². The highest BCUT2D eigenvalue weighted by molar-refractivity contribution is 5.82. The first-order valence-corrected chi connectivity index (χ1v) is 6.62. The Kier molecular flexibility index (Phi) is 3.76. The van der Waals surface area contributed by atoms with Gasteiger partial charge >= 0.3 is 0 Å². The Balaban J connectivity index is 1.93. The second kappa shape index (κ2) is 5.14. The molecule has 100 valence electrons. The molecule has 0 radical (unpaired) electrons. The summed E-state index contributed by atoms with van der Waals surface area (Å²) >= 11 is 0. The van der Waals surface area contributed by atoms with Crippen molar-refractivity contribution in [1.82, 2.24) is 15.2 Å². The Morgan fingerprint density at radius 2 is 2.39 bits per heavy atom. The number of nitrogens with one attached hydrogen (secondary N) is 2. The molecule has 2 N–H and O–H groups in total. The molecule has 1 amide bonds. The third-order valence-corrected chi connectivity index (χ3v) is 3.89. The van der Waals surface area contributed by atoms with Crippen LogP contribution in [0.5, 0.6) is 0 Å². The van der Waals surface area contributed by atoms with E-state index in [0.29, 0.717) is 6.54 Å². The lowest BCUT2D eigenvalue weighted by atomic mass is 9.77. The van der Waals surface area contributed by atoms with E-state index in [-0.39, 0.29) is 17.4 Å². The molecular formula is C14H23N3O. The molecule has 4 heteroatoms. The van der Waals surface area contributed by atoms with Crippen molar-refractivity contribution in [2.45, 2.75) is 39.3 Å². The Labute approximate surface area is 109 Å². The highest BCUT2D eigenvalue weighted by Crippen LogP contribution is 2.30. The molecule has 4 nitrogen and oxygen atoms in total. The zero-order chi connectivity index (χ0) is 13.2. The number of nitrogens with zero attached hydrogens (tertiary/aromatic N) is 1. The van der Waals surface area contributed by atoms with Crippen molar-refractivity contribution in [2.75, 3.05) is 6.54 Å². The van der Waals surface area contributed by atoms with Crippen LogP contribution in [0.2, 0.25) is 0 Å². The highest BCUT2D eigenvalue weighted by Gasteiger charge is 2.36. The lowest BCUT2D eigenvalue weighted by molar-refractivity contribution is -0.127. The molecule has 2 rings (SSSR count). The van der Waals surface area contributed by atoms with Gasteiger partial charge in [-0.3, -0.25) is 4.79 Å². The van der Waals surface area contributed by atoms with Crippen molar-refractivity contribution in [2.24, 2.45) is 12.5 Å². The molecule has 1 aromatic heterocycles. The number of carbonyl (C=O) groups is 1. The second-order valence-electron chi connectivity index (χ2n) is 5.81. The summed E-state index contributed by atoms with van der Waals surface area (Å²) in [7, 11) is 1.99. The van der Waals surface area contributed by atoms with Crippen molar-refractivity contribution in [3.8, 4) is 0 Å². The average molecular weight is 249 g/mol. The van der Waals surface area contributed by atoms with Gasteiger partial charge in [-0.1, -0.05) is 13.8 Å². The van der Waals surface area contributed by atoms with E-state index in [1.807, 2.05) is 29.9 Å². The van der Waals surface area contributed by atoms with Gasteiger partial charge in [-0.15, -0.1) is 0 Å². The number of carbonyl (C=O) groups excluding carboxylic acids is 1. The van der Waals surface area contributed by atoms with Gasteiger partial charge in [0, 0.05) is 18.9 Å². The summed E-state index contributed by atoms with van der Waals surface area (Å²) in [5, 5.41) is 6.36. The predicted molar refractivity (Wildman–Crippen MR) is 72.1 cm³/mol. The summed E-state index contributed by atoms with van der Waals surface area (Å²) in [4.78, 5) is 12.2. The van der Waals surface area contributed by atoms with Crippen molar-refractivity contribution >= 4 is 5.91 Å². The van der Waals surface area contributed by atoms with Gasteiger partial charge < -0.3 is 15.2 Å². The van der Waals surface area contributed by atoms with Crippen LogP contribution in [0.1, 0.15) is 32.4 Å². The number of rotatable bonds is 3. The van der Waals surface area contributed by atoms with Crippen molar-refractivity contribution < 1.29 is 4.79 Å². The van der Waals surface area contributed by atoms with Crippen LogP contribution in [0.25, 0.3) is 0 Å². The van der Waals surface area contributed by atoms with Crippen LogP contribution in [-0.4, -0.2) is 23.1 Å². The normalized spacial score (nSPS) is 22.7. The van der Waals surface area contributed by atoms with Crippen LogP contribution in [0, 0.1) is 5.41 Å². The number of aryl methyl sites for hydroxylation is 1. The second-order valence-corrected chi connectivity index (χ2v) is 5.81. The van der Waals surface area contributed by atoms with E-state index in [0.717, 1.165) is 25.1 Å². The van der Waals surface area contributed by atoms with Crippen molar-refractivity contribution in [1.29, 1.82) is 0 Å². The summed E-state index contributed by atoms with van der Waals surface area (Å²) in [5.74, 6) is 0.112. The molecule has 1 aliphatic heterocycles. The van der Waals surface area contributed by atoms with Gasteiger partial charge in [0.25, 0.3) is 0 Å². The third-order valence-electron chi connectivity index (χ3n) is 3.89. The van der Waals surface area contributed by atoms with E-state index in [9.17, 15) is 4.79 Å². The molecule has 0 aliphatic carbocycles. The lowest BCUT2D eigenvalue weighted by Gasteiger charge is -2.38. The maximum atomic E-state index is 12.2. The van der Waals surface area contributed by atoms with Crippen LogP contribution < -0.4 is 10.6 Å². The highest BCUT2D eigenvalue weighted by atomic mass is 16.2. The molecule has 2 heterocycles. The smallest absolute Gasteiger partial charge is 0.238 e. The average Bonchev–Trinajstić information content (AvgIpc) is 2.71. The van der Waals surface area contributed by atoms with Crippen LogP contribution in [-0.2, 0) is 18.4 Å². The molecule has 1 atom stereocenters. The first kappa shape index (κ1) is 13.1. The van der Waals surface area contributed by atoms with Gasteiger partial charge in [0.15, 0.2) is 0 Å². The fraction of sp³-hybridized carbons (Fsp3) is 0.643. The minimum Gasteiger partial charge on any atom is -0.353 e. The van der Waals surface area contributed by atoms with Crippen molar-refractivity contribution in [3.05, 3.63) is 24.0 Å². The zero-order valence-electron chi connectivity index (χ0n) is 11.5. The quantitative estimate of drug-likeness (QED) is 0.851. The van der Waals surface area contributed by atoms with E-state index in [4.69, 9.17) is 0 Å². The monoisotopic (exact) mass is 249 g/mol. The van der Waals surface area contributed by atoms with Crippen LogP contribution in [0.15, 0.2) is 18.3 Å². The maximum Gasteiger partial charge on any atom is 0.238 e.